The van der Waals surface area contributed by atoms with Gasteiger partial charge in [-0.2, -0.15) is 0 Å². The first-order chi connectivity index (χ1) is 15.1. The summed E-state index contributed by atoms with van der Waals surface area (Å²) < 4.78 is 24.2. The van der Waals surface area contributed by atoms with Crippen LogP contribution in [0.25, 0.3) is 0 Å². The number of hydrogen-bond donors (Lipinski definition) is 1. The Labute approximate surface area is 184 Å². The number of nitrogens with one attached hydrogen (secondary N) is 1. The molecule has 0 bridgehead atoms. The maximum absolute atomic E-state index is 13.5. The Kier molecular flexibility index (Phi) is 9.09. The third kappa shape index (κ3) is 6.64. The highest BCUT2D eigenvalue weighted by molar-refractivity contribution is 5.81. The van der Waals surface area contributed by atoms with Crippen LogP contribution in [0.5, 0.6) is 0 Å². The molecule has 0 saturated carbocycles. The number of benzene rings is 1. The second kappa shape index (κ2) is 12.0. The van der Waals surface area contributed by atoms with Crippen LogP contribution >= 0.6 is 0 Å². The third-order valence-electron chi connectivity index (χ3n) is 5.83. The Balaban J connectivity index is 1.76. The van der Waals surface area contributed by atoms with Gasteiger partial charge in [0.15, 0.2) is 5.96 Å². The van der Waals surface area contributed by atoms with Gasteiger partial charge in [-0.25, -0.2) is 4.39 Å². The topological polar surface area (TPSA) is 66.4 Å². The number of esters is 1. The molecular weight excluding hydrogens is 399 g/mol. The van der Waals surface area contributed by atoms with Gasteiger partial charge < -0.3 is 19.7 Å². The molecule has 0 aliphatic carbocycles. The first-order valence-corrected chi connectivity index (χ1v) is 11.4. The summed E-state index contributed by atoms with van der Waals surface area (Å²) in [5.74, 6) is 0.335. The van der Waals surface area contributed by atoms with Crippen molar-refractivity contribution in [3.05, 3.63) is 35.6 Å². The van der Waals surface area contributed by atoms with Crippen LogP contribution in [-0.2, 0) is 14.3 Å². The van der Waals surface area contributed by atoms with Crippen LogP contribution < -0.4 is 5.32 Å². The number of carbonyl (C=O) groups excluding carboxylic acids is 1. The van der Waals surface area contributed by atoms with Gasteiger partial charge >= 0.3 is 5.97 Å². The average molecular weight is 435 g/mol. The van der Waals surface area contributed by atoms with Gasteiger partial charge in [0, 0.05) is 32.7 Å². The van der Waals surface area contributed by atoms with E-state index in [4.69, 9.17) is 14.5 Å². The molecule has 7 nitrogen and oxygen atoms in total. The quantitative estimate of drug-likeness (QED) is 0.404. The molecule has 172 valence electrons. The Morgan fingerprint density at radius 3 is 2.68 bits per heavy atom. The van der Waals surface area contributed by atoms with Crippen molar-refractivity contribution < 1.29 is 18.7 Å². The Hall–Kier alpha value is -2.19. The van der Waals surface area contributed by atoms with Crippen molar-refractivity contribution in [1.82, 2.24) is 15.1 Å². The van der Waals surface area contributed by atoms with E-state index in [1.54, 1.807) is 0 Å². The molecule has 2 aliphatic rings. The minimum Gasteiger partial charge on any atom is -0.466 e. The van der Waals surface area contributed by atoms with E-state index < -0.39 is 0 Å². The second-order valence-corrected chi connectivity index (χ2v) is 7.95. The van der Waals surface area contributed by atoms with Crippen molar-refractivity contribution in [3.8, 4) is 0 Å². The molecule has 2 unspecified atom stereocenters. The van der Waals surface area contributed by atoms with Crippen molar-refractivity contribution in [2.45, 2.75) is 32.7 Å². The van der Waals surface area contributed by atoms with Gasteiger partial charge in [-0.1, -0.05) is 12.1 Å². The largest absolute Gasteiger partial charge is 0.466 e. The number of carbonyl (C=O) groups is 1. The van der Waals surface area contributed by atoms with Gasteiger partial charge in [0.05, 0.1) is 38.3 Å². The van der Waals surface area contributed by atoms with Gasteiger partial charge in [-0.15, -0.1) is 0 Å². The van der Waals surface area contributed by atoms with Crippen molar-refractivity contribution in [2.75, 3.05) is 59.1 Å². The fraction of sp³-hybridized carbons (Fsp3) is 0.652. The fourth-order valence-corrected chi connectivity index (χ4v) is 4.23. The molecule has 2 saturated heterocycles. The number of likely N-dealkylation sites (tertiary alicyclic amines) is 1. The van der Waals surface area contributed by atoms with Crippen LogP contribution in [0, 0.1) is 11.7 Å². The molecule has 1 N–H and O–H groups in total. The van der Waals surface area contributed by atoms with Gasteiger partial charge in [0.2, 0.25) is 0 Å². The van der Waals surface area contributed by atoms with E-state index in [0.29, 0.717) is 32.9 Å². The van der Waals surface area contributed by atoms with E-state index >= 15 is 0 Å². The van der Waals surface area contributed by atoms with Crippen molar-refractivity contribution >= 4 is 11.9 Å². The van der Waals surface area contributed by atoms with Gasteiger partial charge in [0.25, 0.3) is 0 Å². The molecule has 2 aliphatic heterocycles. The van der Waals surface area contributed by atoms with Gasteiger partial charge in [0.1, 0.15) is 5.82 Å². The molecule has 2 atom stereocenters. The first-order valence-electron chi connectivity index (χ1n) is 11.4. The summed E-state index contributed by atoms with van der Waals surface area (Å²) in [5.41, 5.74) is 1.05. The summed E-state index contributed by atoms with van der Waals surface area (Å²) in [6, 6.07) is 6.74. The Bertz CT molecular complexity index is 722. The molecule has 31 heavy (non-hydrogen) atoms. The van der Waals surface area contributed by atoms with Gasteiger partial charge in [-0.05, 0) is 44.4 Å². The highest BCUT2D eigenvalue weighted by atomic mass is 19.1. The zero-order valence-electron chi connectivity index (χ0n) is 18.7. The van der Waals surface area contributed by atoms with Crippen LogP contribution in [0.15, 0.2) is 29.3 Å². The lowest BCUT2D eigenvalue weighted by molar-refractivity contribution is -0.149. The lowest BCUT2D eigenvalue weighted by Crippen LogP contribution is -2.48. The highest BCUT2D eigenvalue weighted by Gasteiger charge is 2.29. The second-order valence-electron chi connectivity index (χ2n) is 7.95. The molecule has 2 fully saturated rings. The fourth-order valence-electron chi connectivity index (χ4n) is 4.23. The molecule has 1 aromatic rings. The maximum atomic E-state index is 13.5. The summed E-state index contributed by atoms with van der Waals surface area (Å²) >= 11 is 0. The molecule has 1 aromatic carbocycles. The lowest BCUT2D eigenvalue weighted by Gasteiger charge is -2.36. The van der Waals surface area contributed by atoms with Crippen LogP contribution in [-0.4, -0.2) is 80.8 Å². The predicted molar refractivity (Wildman–Crippen MR) is 118 cm³/mol. The van der Waals surface area contributed by atoms with Crippen LogP contribution in [0.4, 0.5) is 4.39 Å². The first kappa shape index (κ1) is 23.5. The number of morpholine rings is 1. The van der Waals surface area contributed by atoms with E-state index in [2.05, 4.69) is 15.1 Å². The smallest absolute Gasteiger partial charge is 0.310 e. The molecular formula is C23H35FN4O3. The molecule has 2 heterocycles. The summed E-state index contributed by atoms with van der Waals surface area (Å²) in [5, 5.41) is 3.38. The predicted octanol–water partition coefficient (Wildman–Crippen LogP) is 2.44. The monoisotopic (exact) mass is 434 g/mol. The molecule has 0 radical (unpaired) electrons. The number of guanidine groups is 1. The number of piperidine rings is 1. The normalized spacial score (nSPS) is 21.6. The number of ether oxygens (including phenoxy) is 2. The SMILES string of the molecule is CCNC(=NCC(c1ccc(F)cc1)N1CCOCC1)N1CCCC(C(=O)OCC)C1. The van der Waals surface area contributed by atoms with E-state index in [0.717, 1.165) is 50.5 Å². The van der Waals surface area contributed by atoms with Crippen molar-refractivity contribution in [1.29, 1.82) is 0 Å². The Morgan fingerprint density at radius 1 is 1.26 bits per heavy atom. The molecule has 8 heteroatoms. The number of rotatable bonds is 7. The van der Waals surface area contributed by atoms with E-state index in [1.807, 2.05) is 26.0 Å². The summed E-state index contributed by atoms with van der Waals surface area (Å²) in [7, 11) is 0. The molecule has 0 amide bonds. The molecule has 0 spiro atoms. The lowest BCUT2D eigenvalue weighted by atomic mass is 9.98. The highest BCUT2D eigenvalue weighted by Crippen LogP contribution is 2.24. The van der Waals surface area contributed by atoms with E-state index in [9.17, 15) is 9.18 Å². The number of hydrogen-bond acceptors (Lipinski definition) is 5. The van der Waals surface area contributed by atoms with Crippen LogP contribution in [0.3, 0.4) is 0 Å². The maximum Gasteiger partial charge on any atom is 0.310 e. The van der Waals surface area contributed by atoms with Crippen molar-refractivity contribution in [3.63, 3.8) is 0 Å². The van der Waals surface area contributed by atoms with Gasteiger partial charge in [-0.3, -0.25) is 14.7 Å². The summed E-state index contributed by atoms with van der Waals surface area (Å²) in [6.45, 7) is 10.1. The third-order valence-corrected chi connectivity index (χ3v) is 5.83. The van der Waals surface area contributed by atoms with E-state index in [-0.39, 0.29) is 23.7 Å². The standard InChI is InChI=1S/C23H35FN4O3/c1-3-25-23(28-11-5-6-19(17-28)22(29)31-4-2)26-16-21(27-12-14-30-15-13-27)18-7-9-20(24)10-8-18/h7-10,19,21H,3-6,11-17H2,1-2H3,(H,25,26). The summed E-state index contributed by atoms with van der Waals surface area (Å²) in [6.07, 6.45) is 1.78. The molecule has 3 rings (SSSR count). The Morgan fingerprint density at radius 2 is 2.00 bits per heavy atom. The summed E-state index contributed by atoms with van der Waals surface area (Å²) in [4.78, 5) is 21.7. The number of aliphatic imine (C=N–C) groups is 1. The van der Waals surface area contributed by atoms with Crippen LogP contribution in [0.1, 0.15) is 38.3 Å². The minimum atomic E-state index is -0.236. The molecule has 0 aromatic heterocycles. The minimum absolute atomic E-state index is 0.0452. The van der Waals surface area contributed by atoms with Crippen LogP contribution in [0.2, 0.25) is 0 Å². The van der Waals surface area contributed by atoms with E-state index in [1.165, 1.54) is 12.1 Å². The van der Waals surface area contributed by atoms with Crippen molar-refractivity contribution in [2.24, 2.45) is 10.9 Å². The number of halogens is 1. The zero-order valence-corrected chi connectivity index (χ0v) is 18.7. The zero-order chi connectivity index (χ0) is 22.1. The number of nitrogens with zero attached hydrogens (tertiary/aromatic N) is 3. The average Bonchev–Trinajstić information content (AvgIpc) is 2.80.